The van der Waals surface area contributed by atoms with E-state index >= 15 is 0 Å². The summed E-state index contributed by atoms with van der Waals surface area (Å²) in [4.78, 5) is 12.8. The molecule has 3 aromatic heterocycles. The zero-order valence-corrected chi connectivity index (χ0v) is 18.5. The highest BCUT2D eigenvalue weighted by Gasteiger charge is 2.16. The summed E-state index contributed by atoms with van der Waals surface area (Å²) in [5.41, 5.74) is 4.23. The summed E-state index contributed by atoms with van der Waals surface area (Å²) in [6.07, 6.45) is 4.63. The van der Waals surface area contributed by atoms with E-state index in [1.807, 2.05) is 89.6 Å². The highest BCUT2D eigenvalue weighted by molar-refractivity contribution is 6.30. The second-order valence-corrected chi connectivity index (χ2v) is 8.05. The van der Waals surface area contributed by atoms with Crippen molar-refractivity contribution >= 4 is 23.2 Å². The molecule has 0 spiro atoms. The van der Waals surface area contributed by atoms with E-state index < -0.39 is 0 Å². The lowest BCUT2D eigenvalue weighted by molar-refractivity contribution is -0.120. The van der Waals surface area contributed by atoms with Gasteiger partial charge in [-0.1, -0.05) is 48.0 Å². The van der Waals surface area contributed by atoms with Gasteiger partial charge in [0.2, 0.25) is 5.91 Å². The molecular weight excluding hydrogens is 436 g/mol. The number of halogens is 1. The van der Waals surface area contributed by atoms with E-state index in [4.69, 9.17) is 16.7 Å². The second-order valence-electron chi connectivity index (χ2n) is 7.61. The summed E-state index contributed by atoms with van der Waals surface area (Å²) >= 11 is 6.06. The number of aromatic nitrogens is 5. The van der Waals surface area contributed by atoms with Gasteiger partial charge in [-0.25, -0.2) is 4.68 Å². The second kappa shape index (κ2) is 9.26. The van der Waals surface area contributed by atoms with Crippen LogP contribution >= 0.6 is 11.6 Å². The van der Waals surface area contributed by atoms with Gasteiger partial charge in [0.05, 0.1) is 17.8 Å². The van der Waals surface area contributed by atoms with Crippen LogP contribution in [0.1, 0.15) is 11.4 Å². The highest BCUT2D eigenvalue weighted by atomic mass is 35.5. The number of para-hydroxylation sites is 1. The minimum Gasteiger partial charge on any atom is -0.355 e. The van der Waals surface area contributed by atoms with Gasteiger partial charge in [0, 0.05) is 41.5 Å². The van der Waals surface area contributed by atoms with Crippen LogP contribution < -0.4 is 5.32 Å². The smallest absolute Gasteiger partial charge is 0.224 e. The molecule has 33 heavy (non-hydrogen) atoms. The van der Waals surface area contributed by atoms with Crippen molar-refractivity contribution in [3.05, 3.63) is 102 Å². The summed E-state index contributed by atoms with van der Waals surface area (Å²) in [7, 11) is 0. The van der Waals surface area contributed by atoms with E-state index in [0.29, 0.717) is 18.0 Å². The van der Waals surface area contributed by atoms with Gasteiger partial charge in [0.1, 0.15) is 5.82 Å². The number of carbonyl (C=O) groups is 1. The van der Waals surface area contributed by atoms with Crippen LogP contribution in [0.15, 0.2) is 85.2 Å². The van der Waals surface area contributed by atoms with E-state index in [1.54, 1.807) is 4.68 Å². The highest BCUT2D eigenvalue weighted by Crippen LogP contribution is 2.25. The van der Waals surface area contributed by atoms with E-state index in [1.165, 1.54) is 0 Å². The van der Waals surface area contributed by atoms with E-state index in [2.05, 4.69) is 15.5 Å². The Morgan fingerprint density at radius 2 is 1.73 bits per heavy atom. The van der Waals surface area contributed by atoms with Gasteiger partial charge in [-0.05, 0) is 36.4 Å². The Labute approximate surface area is 195 Å². The summed E-state index contributed by atoms with van der Waals surface area (Å²) in [5.74, 6) is 0.733. The van der Waals surface area contributed by atoms with Crippen LogP contribution in [0.5, 0.6) is 0 Å². The Morgan fingerprint density at radius 1 is 0.939 bits per heavy atom. The van der Waals surface area contributed by atoms with Gasteiger partial charge in [-0.3, -0.25) is 9.20 Å². The molecule has 0 unspecified atom stereocenters. The molecule has 0 saturated carbocycles. The van der Waals surface area contributed by atoms with Gasteiger partial charge in [-0.2, -0.15) is 5.10 Å². The van der Waals surface area contributed by atoms with Gasteiger partial charge in [0.25, 0.3) is 0 Å². The molecule has 0 radical (unpaired) electrons. The van der Waals surface area contributed by atoms with Crippen LogP contribution in [0.3, 0.4) is 0 Å². The predicted molar refractivity (Wildman–Crippen MR) is 127 cm³/mol. The molecule has 5 rings (SSSR count). The SMILES string of the molecule is O=C(Cc1cn(-c2ccccc2)nc1-c1ccc(Cl)cc1)NCCc1nnc2ccccn12. The third-order valence-electron chi connectivity index (χ3n) is 5.33. The zero-order chi connectivity index (χ0) is 22.6. The number of nitrogens with one attached hydrogen (secondary N) is 1. The fourth-order valence-electron chi connectivity index (χ4n) is 3.71. The van der Waals surface area contributed by atoms with Gasteiger partial charge >= 0.3 is 0 Å². The van der Waals surface area contributed by atoms with Crippen molar-refractivity contribution in [3.63, 3.8) is 0 Å². The molecular formula is C25H21ClN6O. The number of carbonyl (C=O) groups excluding carboxylic acids is 1. The third kappa shape index (κ3) is 4.63. The number of fused-ring (bicyclic) bond motifs is 1. The average Bonchev–Trinajstić information content (AvgIpc) is 3.45. The molecule has 0 aliphatic heterocycles. The van der Waals surface area contributed by atoms with Crippen LogP contribution in [0.4, 0.5) is 0 Å². The molecule has 1 N–H and O–H groups in total. The van der Waals surface area contributed by atoms with E-state index in [9.17, 15) is 4.79 Å². The molecule has 0 saturated heterocycles. The molecule has 164 valence electrons. The van der Waals surface area contributed by atoms with Crippen LogP contribution in [0.2, 0.25) is 5.02 Å². The van der Waals surface area contributed by atoms with Crippen molar-refractivity contribution in [3.8, 4) is 16.9 Å². The summed E-state index contributed by atoms with van der Waals surface area (Å²) in [6, 6.07) is 23.1. The lowest BCUT2D eigenvalue weighted by atomic mass is 10.1. The van der Waals surface area contributed by atoms with Crippen molar-refractivity contribution in [1.82, 2.24) is 29.7 Å². The van der Waals surface area contributed by atoms with E-state index in [-0.39, 0.29) is 12.3 Å². The minimum atomic E-state index is -0.0772. The average molecular weight is 457 g/mol. The molecule has 5 aromatic rings. The molecule has 8 heteroatoms. The Hall–Kier alpha value is -3.97. The van der Waals surface area contributed by atoms with Crippen molar-refractivity contribution in [1.29, 1.82) is 0 Å². The number of hydrogen-bond donors (Lipinski definition) is 1. The largest absolute Gasteiger partial charge is 0.355 e. The zero-order valence-electron chi connectivity index (χ0n) is 17.7. The molecule has 1 amide bonds. The maximum absolute atomic E-state index is 12.8. The van der Waals surface area contributed by atoms with Gasteiger partial charge in [-0.15, -0.1) is 10.2 Å². The molecule has 0 bridgehead atoms. The lowest BCUT2D eigenvalue weighted by Crippen LogP contribution is -2.27. The van der Waals surface area contributed by atoms with Crippen LogP contribution in [-0.4, -0.2) is 36.8 Å². The van der Waals surface area contributed by atoms with Crippen molar-refractivity contribution in [2.45, 2.75) is 12.8 Å². The third-order valence-corrected chi connectivity index (χ3v) is 5.59. The predicted octanol–water partition coefficient (Wildman–Crippen LogP) is 4.14. The van der Waals surface area contributed by atoms with E-state index in [0.717, 1.165) is 34.0 Å². The van der Waals surface area contributed by atoms with Gasteiger partial charge in [0.15, 0.2) is 5.65 Å². The van der Waals surface area contributed by atoms with Gasteiger partial charge < -0.3 is 5.32 Å². The van der Waals surface area contributed by atoms with Crippen molar-refractivity contribution in [2.24, 2.45) is 0 Å². The molecule has 3 heterocycles. The topological polar surface area (TPSA) is 77.1 Å². The Balaban J connectivity index is 1.32. The number of rotatable bonds is 7. The maximum atomic E-state index is 12.8. The number of pyridine rings is 1. The minimum absolute atomic E-state index is 0.0772. The number of benzene rings is 2. The molecule has 2 aromatic carbocycles. The standard InChI is InChI=1S/C25H21ClN6O/c26-20-11-9-18(10-12-20)25-19(17-32(30-25)21-6-2-1-3-7-21)16-24(33)27-14-13-23-29-28-22-8-4-5-15-31(22)23/h1-12,15,17H,13-14,16H2,(H,27,33). The first kappa shape index (κ1) is 20.9. The molecule has 0 aliphatic rings. The fraction of sp³-hybridized carbons (Fsp3) is 0.120. The summed E-state index contributed by atoms with van der Waals surface area (Å²) < 4.78 is 3.73. The molecule has 7 nitrogen and oxygen atoms in total. The normalized spacial score (nSPS) is 11.1. The molecule has 0 fully saturated rings. The number of hydrogen-bond acceptors (Lipinski definition) is 4. The maximum Gasteiger partial charge on any atom is 0.224 e. The monoisotopic (exact) mass is 456 g/mol. The quantitative estimate of drug-likeness (QED) is 0.399. The van der Waals surface area contributed by atoms with Crippen molar-refractivity contribution < 1.29 is 4.79 Å². The van der Waals surface area contributed by atoms with Crippen molar-refractivity contribution in [2.75, 3.05) is 6.54 Å². The Morgan fingerprint density at radius 3 is 2.55 bits per heavy atom. The first-order valence-corrected chi connectivity index (χ1v) is 11.0. The van der Waals surface area contributed by atoms with Crippen LogP contribution in [0.25, 0.3) is 22.6 Å². The summed E-state index contributed by atoms with van der Waals surface area (Å²) in [5, 5.41) is 16.8. The Bertz CT molecular complexity index is 1390. The first-order chi connectivity index (χ1) is 16.2. The number of amides is 1. The number of nitrogens with zero attached hydrogens (tertiary/aromatic N) is 5. The lowest BCUT2D eigenvalue weighted by Gasteiger charge is -2.05. The summed E-state index contributed by atoms with van der Waals surface area (Å²) in [6.45, 7) is 0.470. The molecule has 0 aliphatic carbocycles. The van der Waals surface area contributed by atoms with Crippen LogP contribution in [-0.2, 0) is 17.6 Å². The Kier molecular flexibility index (Phi) is 5.87. The fourth-order valence-corrected chi connectivity index (χ4v) is 3.84. The van der Waals surface area contributed by atoms with Crippen LogP contribution in [0, 0.1) is 0 Å². The first-order valence-electron chi connectivity index (χ1n) is 10.6. The molecule has 0 atom stereocenters.